The van der Waals surface area contributed by atoms with Crippen molar-refractivity contribution < 1.29 is 23.1 Å². The molecule has 0 N–H and O–H groups in total. The number of rotatable bonds is 4. The lowest BCUT2D eigenvalue weighted by Crippen LogP contribution is -2.24. The molecule has 0 atom stereocenters. The highest BCUT2D eigenvalue weighted by molar-refractivity contribution is 7.90. The van der Waals surface area contributed by atoms with Gasteiger partial charge in [0.25, 0.3) is 0 Å². The normalized spacial score (nSPS) is 11.7. The van der Waals surface area contributed by atoms with Crippen molar-refractivity contribution in [2.75, 3.05) is 6.26 Å². The molecular formula is C13H13O5S-. The molecule has 0 amide bonds. The van der Waals surface area contributed by atoms with E-state index in [1.54, 1.807) is 0 Å². The van der Waals surface area contributed by atoms with Crippen molar-refractivity contribution in [3.05, 3.63) is 34.9 Å². The summed E-state index contributed by atoms with van der Waals surface area (Å²) in [4.78, 5) is 21.8. The van der Waals surface area contributed by atoms with Crippen LogP contribution in [0.15, 0.2) is 23.1 Å². The molecule has 0 aliphatic rings. The first-order valence-electron chi connectivity index (χ1n) is 5.38. The highest BCUT2D eigenvalue weighted by Gasteiger charge is 2.16. The summed E-state index contributed by atoms with van der Waals surface area (Å²) in [7, 11) is -3.52. The van der Waals surface area contributed by atoms with E-state index in [2.05, 4.69) is 0 Å². The molecule has 1 aromatic carbocycles. The predicted molar refractivity (Wildman–Crippen MR) is 68.3 cm³/mol. The average molecular weight is 281 g/mol. The van der Waals surface area contributed by atoms with E-state index in [9.17, 15) is 23.1 Å². The van der Waals surface area contributed by atoms with E-state index in [-0.39, 0.29) is 27.4 Å². The summed E-state index contributed by atoms with van der Waals surface area (Å²) in [5.41, 5.74) is 0.343. The third-order valence-corrected chi connectivity index (χ3v) is 3.73. The van der Waals surface area contributed by atoms with Crippen LogP contribution in [0.2, 0.25) is 0 Å². The smallest absolute Gasteiger partial charge is 0.176 e. The zero-order valence-electron chi connectivity index (χ0n) is 10.8. The fourth-order valence-electron chi connectivity index (χ4n) is 1.66. The van der Waals surface area contributed by atoms with Gasteiger partial charge in [-0.1, -0.05) is 6.07 Å². The molecule has 6 heteroatoms. The molecule has 0 saturated carbocycles. The minimum Gasteiger partial charge on any atom is -0.545 e. The second kappa shape index (κ2) is 5.36. The fraction of sp³-hybridized carbons (Fsp3) is 0.231. The van der Waals surface area contributed by atoms with Gasteiger partial charge >= 0.3 is 0 Å². The van der Waals surface area contributed by atoms with E-state index in [4.69, 9.17) is 0 Å². The lowest BCUT2D eigenvalue weighted by molar-refractivity contribution is -0.255. The van der Waals surface area contributed by atoms with Gasteiger partial charge in [-0.2, -0.15) is 0 Å². The van der Waals surface area contributed by atoms with Gasteiger partial charge in [0.15, 0.2) is 15.6 Å². The van der Waals surface area contributed by atoms with E-state index in [0.717, 1.165) is 6.26 Å². The van der Waals surface area contributed by atoms with Gasteiger partial charge in [-0.15, -0.1) is 0 Å². The molecule has 19 heavy (non-hydrogen) atoms. The first kappa shape index (κ1) is 15.1. The molecule has 102 valence electrons. The van der Waals surface area contributed by atoms with E-state index in [1.165, 1.54) is 38.1 Å². The first-order valence-corrected chi connectivity index (χ1v) is 7.27. The van der Waals surface area contributed by atoms with Gasteiger partial charge < -0.3 is 9.90 Å². The molecule has 0 bridgehead atoms. The van der Waals surface area contributed by atoms with Gasteiger partial charge in [0.2, 0.25) is 0 Å². The largest absolute Gasteiger partial charge is 0.545 e. The van der Waals surface area contributed by atoms with Gasteiger partial charge in [-0.3, -0.25) is 4.79 Å². The van der Waals surface area contributed by atoms with Crippen molar-refractivity contribution in [1.29, 1.82) is 0 Å². The fourth-order valence-corrected chi connectivity index (χ4v) is 2.59. The number of carboxylic acids is 1. The van der Waals surface area contributed by atoms with Crippen LogP contribution in [0, 0.1) is 6.92 Å². The molecular weight excluding hydrogens is 268 g/mol. The summed E-state index contributed by atoms with van der Waals surface area (Å²) < 4.78 is 23.3. The number of sulfone groups is 1. The summed E-state index contributed by atoms with van der Waals surface area (Å²) >= 11 is 0. The van der Waals surface area contributed by atoms with E-state index < -0.39 is 15.8 Å². The number of hydrogen-bond acceptors (Lipinski definition) is 5. The van der Waals surface area contributed by atoms with Crippen LogP contribution in [-0.2, 0) is 14.6 Å². The van der Waals surface area contributed by atoms with E-state index in [0.29, 0.717) is 0 Å². The maximum atomic E-state index is 11.6. The number of benzene rings is 1. The Balaban J connectivity index is 3.65. The van der Waals surface area contributed by atoms with Crippen LogP contribution in [0.1, 0.15) is 28.4 Å². The molecule has 0 heterocycles. The third kappa shape index (κ3) is 3.51. The highest BCUT2D eigenvalue weighted by atomic mass is 32.2. The van der Waals surface area contributed by atoms with Crippen molar-refractivity contribution in [2.24, 2.45) is 0 Å². The number of carboxylic acid groups (broad SMARTS) is 1. The zero-order valence-corrected chi connectivity index (χ0v) is 11.6. The molecule has 0 spiro atoms. The second-order valence-electron chi connectivity index (χ2n) is 4.15. The SMILES string of the molecule is CC(=O)/C=C/c1c(S(C)(=O)=O)ccc(C(=O)[O-])c1C. The number of aromatic carboxylic acids is 1. The number of carbonyl (C=O) groups excluding carboxylic acids is 2. The monoisotopic (exact) mass is 281 g/mol. The molecule has 0 aliphatic carbocycles. The highest BCUT2D eigenvalue weighted by Crippen LogP contribution is 2.24. The molecule has 0 radical (unpaired) electrons. The van der Waals surface area contributed by atoms with Crippen LogP contribution < -0.4 is 5.11 Å². The number of allylic oxidation sites excluding steroid dienone is 1. The Labute approximate surface area is 111 Å². The quantitative estimate of drug-likeness (QED) is 0.743. The van der Waals surface area contributed by atoms with Crippen molar-refractivity contribution >= 4 is 27.7 Å². The van der Waals surface area contributed by atoms with Crippen molar-refractivity contribution in [2.45, 2.75) is 18.7 Å². The number of carbonyl (C=O) groups is 2. The lowest BCUT2D eigenvalue weighted by atomic mass is 10.0. The first-order chi connectivity index (χ1) is 8.64. The predicted octanol–water partition coefficient (Wildman–Crippen LogP) is 0.364. The Hall–Kier alpha value is -1.95. The Bertz CT molecular complexity index is 669. The van der Waals surface area contributed by atoms with Crippen molar-refractivity contribution in [3.8, 4) is 0 Å². The molecule has 0 aliphatic heterocycles. The Morgan fingerprint density at radius 3 is 2.26 bits per heavy atom. The molecule has 5 nitrogen and oxygen atoms in total. The number of hydrogen-bond donors (Lipinski definition) is 0. The maximum Gasteiger partial charge on any atom is 0.176 e. The average Bonchev–Trinajstić information content (AvgIpc) is 2.24. The minimum atomic E-state index is -3.52. The van der Waals surface area contributed by atoms with Crippen LogP contribution in [0.5, 0.6) is 0 Å². The van der Waals surface area contributed by atoms with Crippen LogP contribution in [0.25, 0.3) is 6.08 Å². The van der Waals surface area contributed by atoms with Crippen LogP contribution >= 0.6 is 0 Å². The zero-order chi connectivity index (χ0) is 14.8. The Kier molecular flexibility index (Phi) is 4.26. The Morgan fingerprint density at radius 1 is 1.26 bits per heavy atom. The third-order valence-electron chi connectivity index (χ3n) is 2.58. The summed E-state index contributed by atoms with van der Waals surface area (Å²) in [6.45, 7) is 2.79. The van der Waals surface area contributed by atoms with Gasteiger partial charge in [-0.25, -0.2) is 8.42 Å². The van der Waals surface area contributed by atoms with Crippen LogP contribution in [0.3, 0.4) is 0 Å². The Morgan fingerprint density at radius 2 is 1.84 bits per heavy atom. The van der Waals surface area contributed by atoms with Crippen molar-refractivity contribution in [3.63, 3.8) is 0 Å². The van der Waals surface area contributed by atoms with Gasteiger partial charge in [0.1, 0.15) is 0 Å². The topological polar surface area (TPSA) is 91.3 Å². The lowest BCUT2D eigenvalue weighted by Gasteiger charge is -2.13. The van der Waals surface area contributed by atoms with Crippen LogP contribution in [0.4, 0.5) is 0 Å². The summed E-state index contributed by atoms with van der Waals surface area (Å²) in [5.74, 6) is -1.66. The maximum absolute atomic E-state index is 11.6. The summed E-state index contributed by atoms with van der Waals surface area (Å²) in [6, 6.07) is 2.39. The van der Waals surface area contributed by atoms with Crippen molar-refractivity contribution in [1.82, 2.24) is 0 Å². The molecule has 1 rings (SSSR count). The molecule has 0 aromatic heterocycles. The van der Waals surface area contributed by atoms with Crippen LogP contribution in [-0.4, -0.2) is 26.4 Å². The number of ketones is 1. The summed E-state index contributed by atoms with van der Waals surface area (Å²) in [5, 5.41) is 10.9. The molecule has 1 aromatic rings. The van der Waals surface area contributed by atoms with Gasteiger partial charge in [-0.05, 0) is 43.2 Å². The molecule has 0 unspecified atom stereocenters. The van der Waals surface area contributed by atoms with Gasteiger partial charge in [0.05, 0.1) is 10.9 Å². The van der Waals surface area contributed by atoms with E-state index in [1.807, 2.05) is 0 Å². The minimum absolute atomic E-state index is 0.0208. The summed E-state index contributed by atoms with van der Waals surface area (Å²) in [6.07, 6.45) is 3.52. The van der Waals surface area contributed by atoms with Gasteiger partial charge in [0, 0.05) is 11.8 Å². The molecule has 0 fully saturated rings. The molecule has 0 saturated heterocycles. The standard InChI is InChI=1S/C13H14O5S/c1-8(14)4-5-10-9(2)11(13(15)16)6-7-12(10)19(3,17)18/h4-7H,1-3H3,(H,15,16)/p-1/b5-4+. The second-order valence-corrected chi connectivity index (χ2v) is 6.14. The van der Waals surface area contributed by atoms with E-state index >= 15 is 0 Å².